The molecule has 1 saturated carbocycles. The molecule has 0 spiro atoms. The summed E-state index contributed by atoms with van der Waals surface area (Å²) in [4.78, 5) is 35.6. The number of benzene rings is 2. The van der Waals surface area contributed by atoms with Crippen LogP contribution in [0.2, 0.25) is 0 Å². The summed E-state index contributed by atoms with van der Waals surface area (Å²) in [6.45, 7) is 1.11. The number of rotatable bonds is 4. The lowest BCUT2D eigenvalue weighted by atomic mass is 9.88. The van der Waals surface area contributed by atoms with E-state index in [1.807, 2.05) is 41.3 Å². The average Bonchev–Trinajstić information content (AvgIpc) is 3.31. The Hall–Kier alpha value is -3.94. The van der Waals surface area contributed by atoms with Crippen LogP contribution in [0.25, 0.3) is 22.0 Å². The second kappa shape index (κ2) is 7.88. The third-order valence-corrected chi connectivity index (χ3v) is 6.65. The van der Waals surface area contributed by atoms with Crippen molar-refractivity contribution in [1.29, 1.82) is 0 Å². The summed E-state index contributed by atoms with van der Waals surface area (Å²) in [7, 11) is 0. The monoisotopic (exact) mass is 440 g/mol. The standard InChI is InChI=1S/C25H24N6O2/c32-24-19-10-16(17-11-26-27-12-17)6-9-22(19)29-23(30-24)21-14-31(25(33)28-18-7-8-18)13-20(21)15-4-2-1-3-5-15/h1-6,9-12,18,20-21H,7-8,13-14H2,(H,26,27)(H,28,33)(H,29,30,32). The van der Waals surface area contributed by atoms with Gasteiger partial charge in [-0.25, -0.2) is 9.78 Å². The van der Waals surface area contributed by atoms with Gasteiger partial charge in [-0.05, 0) is 36.1 Å². The molecule has 2 aromatic carbocycles. The predicted molar refractivity (Wildman–Crippen MR) is 125 cm³/mol. The Bertz CT molecular complexity index is 1360. The molecule has 2 amide bonds. The highest BCUT2D eigenvalue weighted by atomic mass is 16.2. The summed E-state index contributed by atoms with van der Waals surface area (Å²) in [5, 5.41) is 10.4. The Kier molecular flexibility index (Phi) is 4.71. The van der Waals surface area contributed by atoms with Crippen LogP contribution in [-0.4, -0.2) is 50.2 Å². The van der Waals surface area contributed by atoms with Gasteiger partial charge in [-0.15, -0.1) is 0 Å². The van der Waals surface area contributed by atoms with Crippen LogP contribution >= 0.6 is 0 Å². The molecule has 0 radical (unpaired) electrons. The SMILES string of the molecule is O=C(NC1CC1)N1CC(c2ccccc2)C(c2nc3ccc(-c4cn[nH]c4)cc3c(=O)[nH]2)C1. The number of nitrogens with zero attached hydrogens (tertiary/aromatic N) is 3. The van der Waals surface area contributed by atoms with Crippen LogP contribution < -0.4 is 10.9 Å². The van der Waals surface area contributed by atoms with Gasteiger partial charge in [-0.1, -0.05) is 36.4 Å². The minimum absolute atomic E-state index is 0.0335. The van der Waals surface area contributed by atoms with Crippen LogP contribution in [-0.2, 0) is 0 Å². The van der Waals surface area contributed by atoms with Gasteiger partial charge < -0.3 is 15.2 Å². The van der Waals surface area contributed by atoms with E-state index in [-0.39, 0.29) is 23.4 Å². The first kappa shape index (κ1) is 19.7. The molecule has 4 aromatic rings. The first-order valence-electron chi connectivity index (χ1n) is 11.3. The number of urea groups is 1. The zero-order valence-electron chi connectivity index (χ0n) is 18.0. The number of fused-ring (bicyclic) bond motifs is 1. The fourth-order valence-corrected chi connectivity index (χ4v) is 4.70. The van der Waals surface area contributed by atoms with Gasteiger partial charge in [0.05, 0.1) is 17.1 Å². The zero-order valence-corrected chi connectivity index (χ0v) is 18.0. The molecule has 1 saturated heterocycles. The summed E-state index contributed by atoms with van der Waals surface area (Å²) in [5.41, 5.74) is 3.43. The van der Waals surface area contributed by atoms with Crippen molar-refractivity contribution in [3.63, 3.8) is 0 Å². The highest BCUT2D eigenvalue weighted by Crippen LogP contribution is 2.38. The number of aromatic nitrogens is 4. The number of hydrogen-bond donors (Lipinski definition) is 3. The largest absolute Gasteiger partial charge is 0.335 e. The summed E-state index contributed by atoms with van der Waals surface area (Å²) in [6, 6.07) is 16.1. The van der Waals surface area contributed by atoms with Crippen LogP contribution in [0.5, 0.6) is 0 Å². The fourth-order valence-electron chi connectivity index (χ4n) is 4.70. The number of carbonyl (C=O) groups is 1. The van der Waals surface area contributed by atoms with Crippen molar-refractivity contribution in [2.45, 2.75) is 30.7 Å². The third kappa shape index (κ3) is 3.77. The lowest BCUT2D eigenvalue weighted by molar-refractivity contribution is 0.207. The van der Waals surface area contributed by atoms with Crippen LogP contribution in [0.15, 0.2) is 65.7 Å². The van der Waals surface area contributed by atoms with Gasteiger partial charge in [-0.3, -0.25) is 9.89 Å². The molecule has 2 atom stereocenters. The Morgan fingerprint density at radius 3 is 2.61 bits per heavy atom. The molecule has 166 valence electrons. The maximum Gasteiger partial charge on any atom is 0.317 e. The molecule has 1 aliphatic carbocycles. The predicted octanol–water partition coefficient (Wildman–Crippen LogP) is 3.37. The first-order chi connectivity index (χ1) is 16.2. The van der Waals surface area contributed by atoms with E-state index in [1.165, 1.54) is 0 Å². The third-order valence-electron chi connectivity index (χ3n) is 6.65. The highest BCUT2D eigenvalue weighted by molar-refractivity contribution is 5.83. The molecule has 8 nitrogen and oxygen atoms in total. The maximum atomic E-state index is 13.1. The number of nitrogens with one attached hydrogen (secondary N) is 3. The quantitative estimate of drug-likeness (QED) is 0.452. The summed E-state index contributed by atoms with van der Waals surface area (Å²) >= 11 is 0. The molecule has 2 unspecified atom stereocenters. The molecular formula is C25H24N6O2. The maximum absolute atomic E-state index is 13.1. The van der Waals surface area contributed by atoms with Crippen molar-refractivity contribution < 1.29 is 4.79 Å². The minimum atomic E-state index is -0.173. The molecule has 2 aromatic heterocycles. The van der Waals surface area contributed by atoms with E-state index in [2.05, 4.69) is 32.6 Å². The van der Waals surface area contributed by atoms with Crippen molar-refractivity contribution >= 4 is 16.9 Å². The summed E-state index contributed by atoms with van der Waals surface area (Å²) in [5.74, 6) is 0.587. The van der Waals surface area contributed by atoms with Crippen molar-refractivity contribution in [2.24, 2.45) is 0 Å². The Labute approximate surface area is 190 Å². The Balaban J connectivity index is 1.37. The first-order valence-corrected chi connectivity index (χ1v) is 11.3. The average molecular weight is 441 g/mol. The molecule has 2 aliphatic rings. The van der Waals surface area contributed by atoms with Crippen molar-refractivity contribution in [3.8, 4) is 11.1 Å². The molecule has 3 N–H and O–H groups in total. The van der Waals surface area contributed by atoms with Crippen molar-refractivity contribution in [1.82, 2.24) is 30.4 Å². The number of amides is 2. The second-order valence-corrected chi connectivity index (χ2v) is 8.92. The van der Waals surface area contributed by atoms with E-state index in [0.29, 0.717) is 35.9 Å². The van der Waals surface area contributed by atoms with Gasteiger partial charge in [0, 0.05) is 42.7 Å². The van der Waals surface area contributed by atoms with E-state index in [9.17, 15) is 9.59 Å². The molecule has 0 bridgehead atoms. The van der Waals surface area contributed by atoms with Crippen LogP contribution in [0.1, 0.15) is 36.1 Å². The zero-order chi connectivity index (χ0) is 22.4. The Morgan fingerprint density at radius 1 is 1.03 bits per heavy atom. The van der Waals surface area contributed by atoms with E-state index in [4.69, 9.17) is 4.98 Å². The molecule has 33 heavy (non-hydrogen) atoms. The number of aromatic amines is 2. The van der Waals surface area contributed by atoms with Crippen molar-refractivity contribution in [3.05, 3.63) is 82.7 Å². The van der Waals surface area contributed by atoms with Gasteiger partial charge >= 0.3 is 6.03 Å². The molecule has 2 fully saturated rings. The smallest absolute Gasteiger partial charge is 0.317 e. The lowest BCUT2D eigenvalue weighted by Crippen LogP contribution is -2.39. The lowest BCUT2D eigenvalue weighted by Gasteiger charge is -2.18. The van der Waals surface area contributed by atoms with Gasteiger partial charge in [0.1, 0.15) is 5.82 Å². The Morgan fingerprint density at radius 2 is 1.85 bits per heavy atom. The van der Waals surface area contributed by atoms with E-state index < -0.39 is 0 Å². The highest BCUT2D eigenvalue weighted by Gasteiger charge is 2.39. The van der Waals surface area contributed by atoms with E-state index >= 15 is 0 Å². The van der Waals surface area contributed by atoms with Gasteiger partial charge in [0.15, 0.2) is 0 Å². The topological polar surface area (TPSA) is 107 Å². The second-order valence-electron chi connectivity index (χ2n) is 8.92. The number of hydrogen-bond acceptors (Lipinski definition) is 4. The van der Waals surface area contributed by atoms with E-state index in [1.54, 1.807) is 12.4 Å². The van der Waals surface area contributed by atoms with Crippen molar-refractivity contribution in [2.75, 3.05) is 13.1 Å². The van der Waals surface area contributed by atoms with Gasteiger partial charge in [0.25, 0.3) is 5.56 Å². The van der Waals surface area contributed by atoms with Crippen LogP contribution in [0.4, 0.5) is 4.79 Å². The molecule has 6 rings (SSSR count). The summed E-state index contributed by atoms with van der Waals surface area (Å²) < 4.78 is 0. The number of carbonyl (C=O) groups excluding carboxylic acids is 1. The fraction of sp³-hybridized carbons (Fsp3) is 0.280. The normalized spacial score (nSPS) is 20.3. The minimum Gasteiger partial charge on any atom is -0.335 e. The molecule has 1 aliphatic heterocycles. The summed E-state index contributed by atoms with van der Waals surface area (Å²) in [6.07, 6.45) is 5.61. The molecule has 3 heterocycles. The number of likely N-dealkylation sites (tertiary alicyclic amines) is 1. The van der Waals surface area contributed by atoms with Crippen LogP contribution in [0, 0.1) is 0 Å². The van der Waals surface area contributed by atoms with Crippen LogP contribution in [0.3, 0.4) is 0 Å². The van der Waals surface area contributed by atoms with Gasteiger partial charge in [-0.2, -0.15) is 5.10 Å². The molecule has 8 heteroatoms. The number of H-pyrrole nitrogens is 2. The van der Waals surface area contributed by atoms with Gasteiger partial charge in [0.2, 0.25) is 0 Å². The molecular weight excluding hydrogens is 416 g/mol. The van der Waals surface area contributed by atoms with E-state index in [0.717, 1.165) is 29.5 Å².